The lowest BCUT2D eigenvalue weighted by molar-refractivity contribution is -0.119. The van der Waals surface area contributed by atoms with Crippen LogP contribution in [0.25, 0.3) is 0 Å². The van der Waals surface area contributed by atoms with Gasteiger partial charge in [0.15, 0.2) is 5.11 Å². The fourth-order valence-electron chi connectivity index (χ4n) is 3.49. The number of unbranched alkanes of at least 4 members (excludes halogenated alkanes) is 1. The van der Waals surface area contributed by atoms with E-state index in [1.807, 2.05) is 67.3 Å². The van der Waals surface area contributed by atoms with Gasteiger partial charge in [0.25, 0.3) is 5.91 Å². The van der Waals surface area contributed by atoms with Gasteiger partial charge in [0, 0.05) is 49.5 Å². The van der Waals surface area contributed by atoms with Crippen molar-refractivity contribution in [3.05, 3.63) is 59.7 Å². The smallest absolute Gasteiger partial charge is 0.253 e. The molecule has 2 N–H and O–H groups in total. The zero-order chi connectivity index (χ0) is 22.2. The molecule has 1 fully saturated rings. The second-order valence-corrected chi connectivity index (χ2v) is 8.21. The lowest BCUT2D eigenvalue weighted by Gasteiger charge is -2.36. The second-order valence-electron chi connectivity index (χ2n) is 7.80. The maximum atomic E-state index is 12.7. The van der Waals surface area contributed by atoms with Crippen LogP contribution in [0.2, 0.25) is 0 Å². The Morgan fingerprint density at radius 2 is 1.61 bits per heavy atom. The molecule has 7 heteroatoms. The first kappa shape index (κ1) is 22.7. The number of carbonyl (C=O) groups excluding carboxylic acids is 2. The van der Waals surface area contributed by atoms with E-state index in [1.54, 1.807) is 0 Å². The number of aryl methyl sites for hydroxylation is 1. The Bertz CT molecular complexity index is 904. The molecule has 0 saturated carbocycles. The van der Waals surface area contributed by atoms with E-state index in [4.69, 9.17) is 12.2 Å². The summed E-state index contributed by atoms with van der Waals surface area (Å²) in [5.41, 5.74) is 3.83. The van der Waals surface area contributed by atoms with E-state index in [-0.39, 0.29) is 11.8 Å². The molecule has 1 aliphatic heterocycles. The van der Waals surface area contributed by atoms with Gasteiger partial charge < -0.3 is 20.4 Å². The Morgan fingerprint density at radius 1 is 0.968 bits per heavy atom. The van der Waals surface area contributed by atoms with Crippen molar-refractivity contribution >= 4 is 40.5 Å². The lowest BCUT2D eigenvalue weighted by Crippen LogP contribution is -2.48. The highest BCUT2D eigenvalue weighted by Gasteiger charge is 2.22. The van der Waals surface area contributed by atoms with Crippen LogP contribution in [-0.4, -0.2) is 48.0 Å². The molecule has 0 aliphatic carbocycles. The summed E-state index contributed by atoms with van der Waals surface area (Å²) >= 11 is 5.21. The first-order valence-electron chi connectivity index (χ1n) is 10.8. The summed E-state index contributed by atoms with van der Waals surface area (Å²) in [5.74, 6) is 0.0303. The van der Waals surface area contributed by atoms with Crippen LogP contribution in [-0.2, 0) is 4.79 Å². The Labute approximate surface area is 189 Å². The molecular formula is C24H30N4O2S. The summed E-state index contributed by atoms with van der Waals surface area (Å²) in [6.07, 6.45) is 2.31. The molecule has 0 bridgehead atoms. The van der Waals surface area contributed by atoms with Gasteiger partial charge in [-0.05, 0) is 62.0 Å². The summed E-state index contributed by atoms with van der Waals surface area (Å²) in [7, 11) is 0. The molecule has 2 amide bonds. The number of amides is 2. The lowest BCUT2D eigenvalue weighted by atomic mass is 10.1. The predicted molar refractivity (Wildman–Crippen MR) is 130 cm³/mol. The van der Waals surface area contributed by atoms with Gasteiger partial charge in [-0.25, -0.2) is 0 Å². The monoisotopic (exact) mass is 438 g/mol. The van der Waals surface area contributed by atoms with E-state index in [1.165, 1.54) is 0 Å². The molecular weight excluding hydrogens is 408 g/mol. The molecule has 0 atom stereocenters. The minimum Gasteiger partial charge on any atom is -0.368 e. The highest BCUT2D eigenvalue weighted by molar-refractivity contribution is 7.80. The number of carbonyl (C=O) groups is 2. The molecule has 0 aromatic heterocycles. The number of hydrogen-bond acceptors (Lipinski definition) is 4. The van der Waals surface area contributed by atoms with Crippen molar-refractivity contribution < 1.29 is 9.59 Å². The molecule has 0 spiro atoms. The van der Waals surface area contributed by atoms with Crippen molar-refractivity contribution in [3.63, 3.8) is 0 Å². The van der Waals surface area contributed by atoms with E-state index in [2.05, 4.69) is 15.5 Å². The third-order valence-corrected chi connectivity index (χ3v) is 5.57. The molecule has 164 valence electrons. The summed E-state index contributed by atoms with van der Waals surface area (Å²) < 4.78 is 0. The van der Waals surface area contributed by atoms with E-state index in [9.17, 15) is 9.59 Å². The molecule has 1 saturated heterocycles. The van der Waals surface area contributed by atoms with Crippen molar-refractivity contribution in [2.75, 3.05) is 36.4 Å². The van der Waals surface area contributed by atoms with Gasteiger partial charge >= 0.3 is 0 Å². The molecule has 2 aromatic rings. The van der Waals surface area contributed by atoms with Gasteiger partial charge in [0.1, 0.15) is 0 Å². The molecule has 1 heterocycles. The van der Waals surface area contributed by atoms with Crippen molar-refractivity contribution in [2.24, 2.45) is 0 Å². The third kappa shape index (κ3) is 6.52. The van der Waals surface area contributed by atoms with Crippen molar-refractivity contribution in [1.82, 2.24) is 10.2 Å². The zero-order valence-corrected chi connectivity index (χ0v) is 19.0. The van der Waals surface area contributed by atoms with Crippen molar-refractivity contribution in [3.8, 4) is 0 Å². The van der Waals surface area contributed by atoms with Crippen LogP contribution >= 0.6 is 12.2 Å². The fraction of sp³-hybridized carbons (Fsp3) is 0.375. The number of anilines is 2. The molecule has 1 aliphatic rings. The molecule has 6 nitrogen and oxygen atoms in total. The Balaban J connectivity index is 1.48. The number of benzene rings is 2. The highest BCUT2D eigenvalue weighted by atomic mass is 32.1. The number of rotatable bonds is 6. The quantitative estimate of drug-likeness (QED) is 0.669. The van der Waals surface area contributed by atoms with E-state index in [0.29, 0.717) is 24.6 Å². The Morgan fingerprint density at radius 3 is 2.23 bits per heavy atom. The highest BCUT2D eigenvalue weighted by Crippen LogP contribution is 2.20. The van der Waals surface area contributed by atoms with Crippen LogP contribution in [0.15, 0.2) is 48.5 Å². The number of thiocarbonyl (C=S) groups is 1. The second kappa shape index (κ2) is 10.9. The number of hydrogen-bond donors (Lipinski definition) is 2. The van der Waals surface area contributed by atoms with Gasteiger partial charge in [0.05, 0.1) is 0 Å². The minimum absolute atomic E-state index is 0.0611. The van der Waals surface area contributed by atoms with E-state index < -0.39 is 0 Å². The van der Waals surface area contributed by atoms with Crippen molar-refractivity contribution in [2.45, 2.75) is 33.1 Å². The number of nitrogens with one attached hydrogen (secondary N) is 2. The molecule has 2 aromatic carbocycles. The summed E-state index contributed by atoms with van der Waals surface area (Å²) in [6, 6.07) is 15.7. The standard InChI is InChI=1S/C24H30N4O2S/c1-3-4-5-22(29)26-24(31)25-20-10-12-21(13-11-20)27-14-16-28(17-15-27)23(30)19-8-6-18(2)7-9-19/h6-13H,3-5,14-17H2,1-2H3,(H2,25,26,29,31). The maximum absolute atomic E-state index is 12.7. The van der Waals surface area contributed by atoms with Crippen LogP contribution in [0.4, 0.5) is 11.4 Å². The van der Waals surface area contributed by atoms with Gasteiger partial charge in [0.2, 0.25) is 5.91 Å². The largest absolute Gasteiger partial charge is 0.368 e. The molecule has 0 radical (unpaired) electrons. The van der Waals surface area contributed by atoms with Gasteiger partial charge in [-0.1, -0.05) is 31.0 Å². The Hall–Kier alpha value is -2.93. The zero-order valence-electron chi connectivity index (χ0n) is 18.2. The first-order chi connectivity index (χ1) is 15.0. The van der Waals surface area contributed by atoms with Crippen molar-refractivity contribution in [1.29, 1.82) is 0 Å². The van der Waals surface area contributed by atoms with E-state index >= 15 is 0 Å². The third-order valence-electron chi connectivity index (χ3n) is 5.37. The predicted octanol–water partition coefficient (Wildman–Crippen LogP) is 3.96. The molecule has 3 rings (SSSR count). The average Bonchev–Trinajstić information content (AvgIpc) is 2.78. The van der Waals surface area contributed by atoms with Crippen LogP contribution in [0.1, 0.15) is 42.1 Å². The maximum Gasteiger partial charge on any atom is 0.253 e. The van der Waals surface area contributed by atoms with Crippen LogP contribution in [0.3, 0.4) is 0 Å². The average molecular weight is 439 g/mol. The molecule has 31 heavy (non-hydrogen) atoms. The SMILES string of the molecule is CCCCC(=O)NC(=S)Nc1ccc(N2CCN(C(=O)c3ccc(C)cc3)CC2)cc1. The minimum atomic E-state index is -0.0611. The summed E-state index contributed by atoms with van der Waals surface area (Å²) in [4.78, 5) is 28.6. The summed E-state index contributed by atoms with van der Waals surface area (Å²) in [6.45, 7) is 7.03. The number of piperazine rings is 1. The van der Waals surface area contributed by atoms with Gasteiger partial charge in [-0.3, -0.25) is 9.59 Å². The number of nitrogens with zero attached hydrogens (tertiary/aromatic N) is 2. The normalized spacial score (nSPS) is 13.6. The van der Waals surface area contributed by atoms with Crippen LogP contribution in [0, 0.1) is 6.92 Å². The topological polar surface area (TPSA) is 64.7 Å². The van der Waals surface area contributed by atoms with Crippen LogP contribution < -0.4 is 15.5 Å². The van der Waals surface area contributed by atoms with E-state index in [0.717, 1.165) is 48.4 Å². The van der Waals surface area contributed by atoms with Gasteiger partial charge in [-0.15, -0.1) is 0 Å². The first-order valence-corrected chi connectivity index (χ1v) is 11.2. The van der Waals surface area contributed by atoms with Gasteiger partial charge in [-0.2, -0.15) is 0 Å². The molecule has 0 unspecified atom stereocenters. The Kier molecular flexibility index (Phi) is 8.00. The summed E-state index contributed by atoms with van der Waals surface area (Å²) in [5, 5.41) is 6.07. The fourth-order valence-corrected chi connectivity index (χ4v) is 3.72. The van der Waals surface area contributed by atoms with Crippen LogP contribution in [0.5, 0.6) is 0 Å².